The van der Waals surface area contributed by atoms with E-state index in [1.165, 1.54) is 17.9 Å². The van der Waals surface area contributed by atoms with Crippen molar-refractivity contribution >= 4 is 11.9 Å². The fraction of sp³-hybridized carbons (Fsp3) is 0.674. The van der Waals surface area contributed by atoms with E-state index >= 15 is 0 Å². The molecule has 10 radical (unpaired) electrons. The monoisotopic (exact) mass is 696 g/mol. The van der Waals surface area contributed by atoms with Crippen LogP contribution in [0.5, 0.6) is 0 Å². The van der Waals surface area contributed by atoms with E-state index in [0.29, 0.717) is 30.1 Å². The third-order valence-electron chi connectivity index (χ3n) is 15.5. The van der Waals surface area contributed by atoms with E-state index in [1.54, 1.807) is 0 Å². The Kier molecular flexibility index (Phi) is 11.5. The molecule has 0 bridgehead atoms. The maximum absolute atomic E-state index is 13.0. The van der Waals surface area contributed by atoms with Crippen molar-refractivity contribution in [3.8, 4) is 0 Å². The van der Waals surface area contributed by atoms with E-state index in [-0.39, 0.29) is 56.7 Å². The summed E-state index contributed by atoms with van der Waals surface area (Å²) in [5.41, 5.74) is 1.19. The van der Waals surface area contributed by atoms with Gasteiger partial charge in [-0.2, -0.15) is 0 Å². The first-order valence-corrected chi connectivity index (χ1v) is 18.7. The van der Waals surface area contributed by atoms with E-state index < -0.39 is 11.4 Å². The fourth-order valence-electron chi connectivity index (χ4n) is 12.4. The van der Waals surface area contributed by atoms with Crippen LogP contribution >= 0.6 is 0 Å². The quantitative estimate of drug-likeness (QED) is 0.177. The van der Waals surface area contributed by atoms with Gasteiger partial charge in [0.05, 0.1) is 5.41 Å². The molecule has 0 aliphatic heterocycles. The predicted molar refractivity (Wildman–Crippen MR) is 188 cm³/mol. The molecule has 0 unspecified atom stereocenters. The molecule has 0 aromatic rings. The summed E-state index contributed by atoms with van der Waals surface area (Å²) in [7, 11) is 0. The zero-order valence-electron chi connectivity index (χ0n) is 30.5. The molecule has 10 atom stereocenters. The van der Waals surface area contributed by atoms with Gasteiger partial charge < -0.3 is 9.84 Å². The van der Waals surface area contributed by atoms with Crippen molar-refractivity contribution in [2.45, 2.75) is 125 Å². The van der Waals surface area contributed by atoms with Crippen molar-refractivity contribution in [2.24, 2.45) is 56.7 Å². The molecule has 0 heterocycles. The number of carbonyl (C=O) groups is 2. The summed E-state index contributed by atoms with van der Waals surface area (Å²) in [6.45, 7) is 17.1. The topological polar surface area (TPSA) is 63.6 Å². The molecule has 0 aromatic heterocycles. The summed E-state index contributed by atoms with van der Waals surface area (Å²) < 4.78 is 6.27. The Morgan fingerprint density at radius 3 is 2.08 bits per heavy atom. The Hall–Kier alpha value is -0.801. The molecule has 0 amide bonds. The largest absolute Gasteiger partial charge is 2.00 e. The van der Waals surface area contributed by atoms with E-state index in [0.717, 1.165) is 57.8 Å². The number of aliphatic carboxylic acids is 1. The van der Waals surface area contributed by atoms with E-state index in [9.17, 15) is 14.7 Å². The first-order chi connectivity index (χ1) is 22.2. The normalized spacial score (nSPS) is 44.7. The van der Waals surface area contributed by atoms with Gasteiger partial charge in [0.15, 0.2) is 0 Å². The van der Waals surface area contributed by atoms with Crippen LogP contribution in [0.2, 0.25) is 0 Å². The number of hydrogen-bond donors (Lipinski definition) is 1. The molecule has 1 N–H and O–H groups in total. The Labute approximate surface area is 304 Å². The Balaban J connectivity index is 0.000000689. The van der Waals surface area contributed by atoms with Gasteiger partial charge in [0.1, 0.15) is 6.10 Å². The smallest absolute Gasteiger partial charge is 0.481 e. The maximum Gasteiger partial charge on any atom is 2.00 e. The molecule has 6 saturated carbocycles. The third-order valence-corrected chi connectivity index (χ3v) is 15.5. The molecule has 0 spiro atoms. The number of allylic oxidation sites excluding steroid dienone is 2. The minimum Gasteiger partial charge on any atom is -0.481 e. The summed E-state index contributed by atoms with van der Waals surface area (Å²) in [6, 6.07) is 0. The average molecular weight is 697 g/mol. The van der Waals surface area contributed by atoms with Crippen molar-refractivity contribution in [3.63, 3.8) is 0 Å². The maximum atomic E-state index is 13.0. The number of carboxylic acid groups (broad SMARTS) is 1. The molecule has 0 saturated heterocycles. The molecule has 5 heteroatoms. The van der Waals surface area contributed by atoms with Gasteiger partial charge in [-0.15, -0.1) is 0 Å². The zero-order valence-corrected chi connectivity index (χ0v) is 31.6. The molecular formula is C43H60FeO4+2. The summed E-state index contributed by atoms with van der Waals surface area (Å²) in [5.74, 6) is 2.76. The minimum absolute atomic E-state index is 0. The third kappa shape index (κ3) is 6.21. The van der Waals surface area contributed by atoms with Crippen LogP contribution < -0.4 is 0 Å². The van der Waals surface area contributed by atoms with Gasteiger partial charge in [0.25, 0.3) is 0 Å². The van der Waals surface area contributed by atoms with Crippen LogP contribution in [0.3, 0.4) is 0 Å². The van der Waals surface area contributed by atoms with Crippen LogP contribution in [-0.2, 0) is 31.4 Å². The van der Waals surface area contributed by atoms with Crippen molar-refractivity contribution in [1.29, 1.82) is 0 Å². The van der Waals surface area contributed by atoms with E-state index in [1.807, 2.05) is 44.9 Å². The number of hydrogen-bond acceptors (Lipinski definition) is 3. The molecule has 48 heavy (non-hydrogen) atoms. The molecule has 7 aliphatic carbocycles. The zero-order chi connectivity index (χ0) is 33.8. The van der Waals surface area contributed by atoms with Crippen molar-refractivity contribution in [1.82, 2.24) is 0 Å². The van der Waals surface area contributed by atoms with Gasteiger partial charge in [-0.3, -0.25) is 9.59 Å². The number of carbonyl (C=O) groups excluding carboxylic acids is 1. The first-order valence-electron chi connectivity index (χ1n) is 18.7. The summed E-state index contributed by atoms with van der Waals surface area (Å²) in [4.78, 5) is 25.9. The van der Waals surface area contributed by atoms with E-state index in [4.69, 9.17) is 4.74 Å². The number of carboxylic acids is 1. The SMILES string of the molecule is C[C@H]1[C@H](C)CC[C@]2(C(=O)O)CC[C@]3(C)C(=CC[C@@H]4[C@@]5(C)CC[C@H](OC(=O)CC[C]6[CH][CH][CH][CH]6)C(C)(C)[C@@H]5CC[C@]43C)[C@H]12.[CH]1[CH][CH][CH][CH]1.[Fe+2]. The van der Waals surface area contributed by atoms with Gasteiger partial charge in [-0.1, -0.05) is 60.1 Å². The molecule has 262 valence electrons. The summed E-state index contributed by atoms with van der Waals surface area (Å²) in [6.07, 6.45) is 31.0. The van der Waals surface area contributed by atoms with Crippen LogP contribution in [0.15, 0.2) is 11.6 Å². The standard InChI is InChI=1S/C38H55O4.C5H5.Fe/c1-24-16-21-38(33(40)41)23-22-36(6)27(32(38)25(24)2)13-14-29-35(5)19-18-30(34(3,4)28(35)17-20-37(29,36)7)42-31(39)15-12-26-10-8-9-11-26;1-2-4-5-3-1;/h8-11,13,24-25,28-30,32H,12,14-23H2,1-7H3,(H,40,41);1-5H;/q;;+2/t24-,25+,28+,29-,30+,32+,35+,36-,37-,38+;;/m1../s1. The average Bonchev–Trinajstić information content (AvgIpc) is 3.78. The van der Waals surface area contributed by atoms with Gasteiger partial charge in [-0.05, 0) is 174 Å². The molecule has 7 rings (SSSR count). The molecular weight excluding hydrogens is 636 g/mol. The fourth-order valence-corrected chi connectivity index (χ4v) is 12.4. The molecule has 6 fully saturated rings. The number of esters is 1. The second kappa shape index (κ2) is 14.3. The first kappa shape index (κ1) is 38.4. The van der Waals surface area contributed by atoms with Gasteiger partial charge in [-0.25, -0.2) is 0 Å². The molecule has 4 nitrogen and oxygen atoms in total. The van der Waals surface area contributed by atoms with Crippen LogP contribution in [0.1, 0.15) is 119 Å². The van der Waals surface area contributed by atoms with Crippen LogP contribution in [0.4, 0.5) is 0 Å². The van der Waals surface area contributed by atoms with Gasteiger partial charge in [0.2, 0.25) is 0 Å². The van der Waals surface area contributed by atoms with Crippen LogP contribution in [0.25, 0.3) is 0 Å². The predicted octanol–water partition coefficient (Wildman–Crippen LogP) is 9.84. The Morgan fingerprint density at radius 2 is 1.46 bits per heavy atom. The van der Waals surface area contributed by atoms with Crippen molar-refractivity contribution < 1.29 is 36.5 Å². The Bertz CT molecular complexity index is 1190. The number of fused-ring (bicyclic) bond motifs is 7. The number of ether oxygens (including phenoxy) is 1. The molecule has 0 aromatic carbocycles. The van der Waals surface area contributed by atoms with Crippen molar-refractivity contribution in [3.05, 3.63) is 75.4 Å². The summed E-state index contributed by atoms with van der Waals surface area (Å²) >= 11 is 0. The van der Waals surface area contributed by atoms with Crippen LogP contribution in [0, 0.1) is 120 Å². The number of rotatable bonds is 5. The van der Waals surface area contributed by atoms with E-state index in [2.05, 4.69) is 67.4 Å². The Morgan fingerprint density at radius 1 is 0.812 bits per heavy atom. The van der Waals surface area contributed by atoms with Gasteiger partial charge >= 0.3 is 29.0 Å². The van der Waals surface area contributed by atoms with Gasteiger partial charge in [0, 0.05) is 11.8 Å². The van der Waals surface area contributed by atoms with Crippen LogP contribution in [-0.4, -0.2) is 23.1 Å². The minimum atomic E-state index is -0.589. The molecule has 7 aliphatic rings. The second-order valence-corrected chi connectivity index (χ2v) is 17.7. The second-order valence-electron chi connectivity index (χ2n) is 17.7. The van der Waals surface area contributed by atoms with Crippen molar-refractivity contribution in [2.75, 3.05) is 0 Å². The summed E-state index contributed by atoms with van der Waals surface area (Å²) in [5, 5.41) is 10.7.